The zero-order chi connectivity index (χ0) is 18.8. The van der Waals surface area contributed by atoms with Gasteiger partial charge in [0, 0.05) is 0 Å². The summed E-state index contributed by atoms with van der Waals surface area (Å²) in [5, 5.41) is 2.22. The fourth-order valence-electron chi connectivity index (χ4n) is 2.65. The Morgan fingerprint density at radius 2 is 1.77 bits per heavy atom. The minimum Gasteiger partial charge on any atom is -0.497 e. The monoisotopic (exact) mass is 350 g/mol. The molecule has 1 aliphatic rings. The van der Waals surface area contributed by atoms with Crippen molar-refractivity contribution >= 4 is 29.6 Å². The Bertz CT molecular complexity index is 947. The van der Waals surface area contributed by atoms with Gasteiger partial charge in [0.25, 0.3) is 11.8 Å². The Balaban J connectivity index is 2.02. The average Bonchev–Trinajstić information content (AvgIpc) is 2.61. The second-order valence-corrected chi connectivity index (χ2v) is 6.00. The number of rotatable bonds is 3. The van der Waals surface area contributed by atoms with E-state index in [0.717, 1.165) is 16.0 Å². The maximum absolute atomic E-state index is 12.8. The van der Waals surface area contributed by atoms with Gasteiger partial charge in [0.05, 0.1) is 12.8 Å². The molecule has 0 aliphatic carbocycles. The van der Waals surface area contributed by atoms with Gasteiger partial charge >= 0.3 is 6.03 Å². The molecule has 1 N–H and O–H groups in total. The Morgan fingerprint density at radius 1 is 1.00 bits per heavy atom. The van der Waals surface area contributed by atoms with Crippen LogP contribution in [-0.4, -0.2) is 25.0 Å². The maximum Gasteiger partial charge on any atom is 0.335 e. The van der Waals surface area contributed by atoms with Crippen molar-refractivity contribution in [2.24, 2.45) is 0 Å². The molecule has 2 aromatic carbocycles. The fourth-order valence-corrected chi connectivity index (χ4v) is 2.65. The van der Waals surface area contributed by atoms with Crippen molar-refractivity contribution < 1.29 is 19.1 Å². The first-order valence-electron chi connectivity index (χ1n) is 8.03. The van der Waals surface area contributed by atoms with Gasteiger partial charge in [-0.3, -0.25) is 14.9 Å². The molecule has 132 valence electrons. The molecule has 4 amide bonds. The first-order chi connectivity index (χ1) is 12.4. The van der Waals surface area contributed by atoms with Gasteiger partial charge in [-0.15, -0.1) is 0 Å². The number of urea groups is 1. The van der Waals surface area contributed by atoms with Gasteiger partial charge in [-0.2, -0.15) is 0 Å². The lowest BCUT2D eigenvalue weighted by Gasteiger charge is -2.26. The van der Waals surface area contributed by atoms with Crippen LogP contribution in [0.1, 0.15) is 16.7 Å². The third-order valence-corrected chi connectivity index (χ3v) is 4.26. The van der Waals surface area contributed by atoms with Crippen LogP contribution in [0.15, 0.2) is 48.0 Å². The summed E-state index contributed by atoms with van der Waals surface area (Å²) in [7, 11) is 1.53. The van der Waals surface area contributed by atoms with E-state index in [1.165, 1.54) is 13.2 Å². The van der Waals surface area contributed by atoms with Crippen molar-refractivity contribution in [1.29, 1.82) is 0 Å². The van der Waals surface area contributed by atoms with Crippen molar-refractivity contribution in [2.75, 3.05) is 12.0 Å². The number of amides is 4. The van der Waals surface area contributed by atoms with Gasteiger partial charge in [0.15, 0.2) is 0 Å². The van der Waals surface area contributed by atoms with Crippen molar-refractivity contribution in [3.63, 3.8) is 0 Å². The van der Waals surface area contributed by atoms with Gasteiger partial charge in [0.2, 0.25) is 0 Å². The summed E-state index contributed by atoms with van der Waals surface area (Å²) in [5.41, 5.74) is 2.91. The number of carbonyl (C=O) groups is 3. The minimum atomic E-state index is -0.758. The van der Waals surface area contributed by atoms with Gasteiger partial charge in [0.1, 0.15) is 11.3 Å². The highest BCUT2D eigenvalue weighted by Gasteiger charge is 2.36. The number of nitrogens with zero attached hydrogens (tertiary/aromatic N) is 1. The lowest BCUT2D eigenvalue weighted by molar-refractivity contribution is -0.122. The highest BCUT2D eigenvalue weighted by molar-refractivity contribution is 6.39. The lowest BCUT2D eigenvalue weighted by Crippen LogP contribution is -2.54. The second kappa shape index (κ2) is 6.84. The number of anilines is 1. The zero-order valence-corrected chi connectivity index (χ0v) is 14.7. The molecule has 6 heteroatoms. The number of imide groups is 2. The van der Waals surface area contributed by atoms with Gasteiger partial charge < -0.3 is 4.74 Å². The number of methoxy groups -OCH3 is 1. The summed E-state index contributed by atoms with van der Waals surface area (Å²) in [6, 6.07) is 11.4. The molecule has 0 bridgehead atoms. The molecule has 3 rings (SSSR count). The quantitative estimate of drug-likeness (QED) is 0.682. The Morgan fingerprint density at radius 3 is 2.46 bits per heavy atom. The Labute approximate surface area is 151 Å². The van der Waals surface area contributed by atoms with Crippen LogP contribution in [0.4, 0.5) is 10.5 Å². The molecular formula is C20H18N2O4. The van der Waals surface area contributed by atoms with E-state index < -0.39 is 17.8 Å². The number of barbiturate groups is 1. The molecule has 0 unspecified atom stereocenters. The van der Waals surface area contributed by atoms with E-state index in [9.17, 15) is 14.4 Å². The molecule has 6 nitrogen and oxygen atoms in total. The largest absolute Gasteiger partial charge is 0.497 e. The van der Waals surface area contributed by atoms with Gasteiger partial charge in [-0.1, -0.05) is 18.2 Å². The first kappa shape index (κ1) is 17.4. The van der Waals surface area contributed by atoms with Gasteiger partial charge in [-0.25, -0.2) is 9.69 Å². The smallest absolute Gasteiger partial charge is 0.335 e. The van der Waals surface area contributed by atoms with E-state index in [-0.39, 0.29) is 5.57 Å². The zero-order valence-electron chi connectivity index (χ0n) is 14.7. The average molecular weight is 350 g/mol. The van der Waals surface area contributed by atoms with E-state index in [4.69, 9.17) is 4.74 Å². The number of benzene rings is 2. The van der Waals surface area contributed by atoms with Crippen LogP contribution in [-0.2, 0) is 9.59 Å². The number of carbonyl (C=O) groups excluding carboxylic acids is 3. The standard InChI is InChI=1S/C20H18N2O4/c1-12-7-8-15(9-13(12)2)22-19(24)17(18(23)21-20(22)25)11-14-5-4-6-16(10-14)26-3/h4-11H,1-3H3,(H,21,23,25)/b17-11+. The number of hydrogen-bond acceptors (Lipinski definition) is 4. The minimum absolute atomic E-state index is 0.115. The molecule has 1 heterocycles. The van der Waals surface area contributed by atoms with Crippen LogP contribution in [0.25, 0.3) is 6.08 Å². The van der Waals surface area contributed by atoms with Crippen molar-refractivity contribution in [2.45, 2.75) is 13.8 Å². The van der Waals surface area contributed by atoms with Crippen molar-refractivity contribution in [1.82, 2.24) is 5.32 Å². The topological polar surface area (TPSA) is 75.7 Å². The van der Waals surface area contributed by atoms with Crippen LogP contribution in [0, 0.1) is 13.8 Å². The molecule has 26 heavy (non-hydrogen) atoms. The predicted molar refractivity (Wildman–Crippen MR) is 97.9 cm³/mol. The SMILES string of the molecule is COc1cccc(/C=C2\C(=O)NC(=O)N(c3ccc(C)c(C)c3)C2=O)c1. The molecule has 1 fully saturated rings. The summed E-state index contributed by atoms with van der Waals surface area (Å²) < 4.78 is 5.15. The van der Waals surface area contributed by atoms with Crippen LogP contribution < -0.4 is 15.0 Å². The van der Waals surface area contributed by atoms with Crippen molar-refractivity contribution in [3.8, 4) is 5.75 Å². The Hall–Kier alpha value is -3.41. The van der Waals surface area contributed by atoms with E-state index in [2.05, 4.69) is 5.32 Å². The second-order valence-electron chi connectivity index (χ2n) is 6.00. The van der Waals surface area contributed by atoms with Crippen LogP contribution in [0.5, 0.6) is 5.75 Å². The number of nitrogens with one attached hydrogen (secondary N) is 1. The molecule has 2 aromatic rings. The van der Waals surface area contributed by atoms with E-state index in [0.29, 0.717) is 17.0 Å². The summed E-state index contributed by atoms with van der Waals surface area (Å²) >= 11 is 0. The molecule has 0 atom stereocenters. The molecule has 0 aromatic heterocycles. The molecule has 1 saturated heterocycles. The number of aryl methyl sites for hydroxylation is 2. The summed E-state index contributed by atoms with van der Waals surface area (Å²) in [5.74, 6) is -0.780. The van der Waals surface area contributed by atoms with Gasteiger partial charge in [-0.05, 0) is 60.9 Å². The molecule has 1 aliphatic heterocycles. The third-order valence-electron chi connectivity index (χ3n) is 4.26. The van der Waals surface area contributed by atoms with Crippen LogP contribution >= 0.6 is 0 Å². The highest BCUT2D eigenvalue weighted by Crippen LogP contribution is 2.24. The van der Waals surface area contributed by atoms with E-state index in [1.54, 1.807) is 36.4 Å². The molecule has 0 spiro atoms. The molecular weight excluding hydrogens is 332 g/mol. The molecule has 0 saturated carbocycles. The van der Waals surface area contributed by atoms with E-state index in [1.807, 2.05) is 19.9 Å². The van der Waals surface area contributed by atoms with Crippen molar-refractivity contribution in [3.05, 3.63) is 64.7 Å². The van der Waals surface area contributed by atoms with Crippen LogP contribution in [0.2, 0.25) is 0 Å². The number of hydrogen-bond donors (Lipinski definition) is 1. The summed E-state index contributed by atoms with van der Waals surface area (Å²) in [6.45, 7) is 3.83. The maximum atomic E-state index is 12.8. The highest BCUT2D eigenvalue weighted by atomic mass is 16.5. The normalized spacial score (nSPS) is 16.0. The number of ether oxygens (including phenoxy) is 1. The molecule has 0 radical (unpaired) electrons. The van der Waals surface area contributed by atoms with Crippen LogP contribution in [0.3, 0.4) is 0 Å². The fraction of sp³-hybridized carbons (Fsp3) is 0.150. The third kappa shape index (κ3) is 3.21. The summed E-state index contributed by atoms with van der Waals surface area (Å²) in [4.78, 5) is 38.2. The lowest BCUT2D eigenvalue weighted by atomic mass is 10.0. The Kier molecular flexibility index (Phi) is 4.58. The first-order valence-corrected chi connectivity index (χ1v) is 8.03. The van der Waals surface area contributed by atoms with E-state index >= 15 is 0 Å². The summed E-state index contributed by atoms with van der Waals surface area (Å²) in [6.07, 6.45) is 1.45. The predicted octanol–water partition coefficient (Wildman–Crippen LogP) is 2.98.